The number of nitrogens with zero attached hydrogens (tertiary/aromatic N) is 1. The minimum Gasteiger partial charge on any atom is -0.451 e. The lowest BCUT2D eigenvalue weighted by atomic mass is 10.1. The highest BCUT2D eigenvalue weighted by atomic mass is 32.1. The number of aromatic nitrogens is 1. The van der Waals surface area contributed by atoms with Crippen molar-refractivity contribution in [3.63, 3.8) is 0 Å². The number of carbonyl (C=O) groups is 2. The van der Waals surface area contributed by atoms with Crippen LogP contribution in [0.2, 0.25) is 0 Å². The largest absolute Gasteiger partial charge is 0.451 e. The predicted octanol–water partition coefficient (Wildman–Crippen LogP) is 3.84. The number of hydrazine groups is 1. The lowest BCUT2D eigenvalue weighted by Crippen LogP contribution is -2.42. The van der Waals surface area contributed by atoms with Crippen molar-refractivity contribution in [1.29, 1.82) is 0 Å². The molecule has 0 bridgehead atoms. The average Bonchev–Trinajstić information content (AvgIpc) is 3.39. The number of oxazole rings is 1. The van der Waals surface area contributed by atoms with Crippen LogP contribution >= 0.6 is 11.3 Å². The number of aryl methyl sites for hydroxylation is 2. The standard InChI is InChI=1S/C19H15N3O4S/c1-10-12-6-3-4-7-13(12)26-16(10)18(24)22-21-17(23)15-11(2)25-19(20-15)14-8-5-9-27-14/h3-9H,1-2H3,(H,21,23)(H,22,24). The van der Waals surface area contributed by atoms with Gasteiger partial charge in [-0.05, 0) is 31.4 Å². The number of carbonyl (C=O) groups excluding carboxylic acids is 2. The predicted molar refractivity (Wildman–Crippen MR) is 100 cm³/mol. The molecule has 8 heteroatoms. The molecule has 1 aromatic carbocycles. The van der Waals surface area contributed by atoms with Crippen molar-refractivity contribution >= 4 is 34.1 Å². The van der Waals surface area contributed by atoms with Gasteiger partial charge in [0.05, 0.1) is 4.88 Å². The van der Waals surface area contributed by atoms with Gasteiger partial charge in [0.25, 0.3) is 5.91 Å². The molecule has 27 heavy (non-hydrogen) atoms. The highest BCUT2D eigenvalue weighted by molar-refractivity contribution is 7.13. The van der Waals surface area contributed by atoms with Gasteiger partial charge in [0, 0.05) is 10.9 Å². The molecule has 4 aromatic rings. The van der Waals surface area contributed by atoms with E-state index in [1.807, 2.05) is 35.7 Å². The van der Waals surface area contributed by atoms with Gasteiger partial charge in [0.2, 0.25) is 5.89 Å². The molecular formula is C19H15N3O4S. The Morgan fingerprint density at radius 1 is 1.00 bits per heavy atom. The smallest absolute Gasteiger partial charge is 0.305 e. The molecule has 0 radical (unpaired) electrons. The first-order valence-electron chi connectivity index (χ1n) is 8.14. The second-order valence-corrected chi connectivity index (χ2v) is 6.81. The number of amides is 2. The van der Waals surface area contributed by atoms with Crippen LogP contribution in [0, 0.1) is 13.8 Å². The molecule has 0 spiro atoms. The number of rotatable bonds is 3. The second kappa shape index (κ2) is 6.73. The molecule has 7 nitrogen and oxygen atoms in total. The van der Waals surface area contributed by atoms with Crippen molar-refractivity contribution in [1.82, 2.24) is 15.8 Å². The normalized spacial score (nSPS) is 10.9. The third-order valence-corrected chi connectivity index (χ3v) is 4.94. The summed E-state index contributed by atoms with van der Waals surface area (Å²) in [4.78, 5) is 29.8. The van der Waals surface area contributed by atoms with Crippen LogP contribution in [-0.2, 0) is 0 Å². The summed E-state index contributed by atoms with van der Waals surface area (Å²) in [5.74, 6) is -0.234. The van der Waals surface area contributed by atoms with Crippen molar-refractivity contribution in [2.45, 2.75) is 13.8 Å². The van der Waals surface area contributed by atoms with Crippen LogP contribution < -0.4 is 10.9 Å². The van der Waals surface area contributed by atoms with E-state index in [1.54, 1.807) is 19.9 Å². The first-order chi connectivity index (χ1) is 13.0. The fourth-order valence-electron chi connectivity index (χ4n) is 2.73. The van der Waals surface area contributed by atoms with Crippen LogP contribution in [0.1, 0.15) is 32.4 Å². The van der Waals surface area contributed by atoms with E-state index in [9.17, 15) is 9.59 Å². The minimum absolute atomic E-state index is 0.111. The summed E-state index contributed by atoms with van der Waals surface area (Å²) in [5.41, 5.74) is 6.13. The van der Waals surface area contributed by atoms with Crippen molar-refractivity contribution < 1.29 is 18.4 Å². The van der Waals surface area contributed by atoms with E-state index in [0.717, 1.165) is 10.3 Å². The van der Waals surface area contributed by atoms with E-state index >= 15 is 0 Å². The Bertz CT molecular complexity index is 1140. The number of nitrogens with one attached hydrogen (secondary N) is 2. The fourth-order valence-corrected chi connectivity index (χ4v) is 3.38. The molecule has 0 aliphatic carbocycles. The van der Waals surface area contributed by atoms with E-state index < -0.39 is 11.8 Å². The molecular weight excluding hydrogens is 366 g/mol. The van der Waals surface area contributed by atoms with Gasteiger partial charge >= 0.3 is 5.91 Å². The molecule has 0 saturated heterocycles. The van der Waals surface area contributed by atoms with Crippen molar-refractivity contribution in [2.75, 3.05) is 0 Å². The summed E-state index contributed by atoms with van der Waals surface area (Å²) in [6, 6.07) is 11.1. The molecule has 0 unspecified atom stereocenters. The van der Waals surface area contributed by atoms with Crippen LogP contribution in [0.4, 0.5) is 0 Å². The van der Waals surface area contributed by atoms with Gasteiger partial charge in [-0.3, -0.25) is 20.4 Å². The summed E-state index contributed by atoms with van der Waals surface area (Å²) in [7, 11) is 0. The number of benzene rings is 1. The van der Waals surface area contributed by atoms with E-state index in [-0.39, 0.29) is 11.5 Å². The van der Waals surface area contributed by atoms with Gasteiger partial charge in [-0.15, -0.1) is 11.3 Å². The van der Waals surface area contributed by atoms with Crippen LogP contribution in [0.5, 0.6) is 0 Å². The molecule has 0 atom stereocenters. The summed E-state index contributed by atoms with van der Waals surface area (Å²) >= 11 is 1.46. The van der Waals surface area contributed by atoms with Crippen molar-refractivity contribution in [3.05, 3.63) is 64.6 Å². The van der Waals surface area contributed by atoms with Gasteiger partial charge in [0.15, 0.2) is 11.5 Å². The quantitative estimate of drug-likeness (QED) is 0.526. The van der Waals surface area contributed by atoms with E-state index in [4.69, 9.17) is 8.83 Å². The number of furan rings is 1. The molecule has 3 heterocycles. The highest BCUT2D eigenvalue weighted by Crippen LogP contribution is 2.26. The monoisotopic (exact) mass is 381 g/mol. The van der Waals surface area contributed by atoms with E-state index in [2.05, 4.69) is 15.8 Å². The zero-order chi connectivity index (χ0) is 19.0. The molecule has 4 rings (SSSR count). The lowest BCUT2D eigenvalue weighted by molar-refractivity contribution is 0.0828. The summed E-state index contributed by atoms with van der Waals surface area (Å²) < 4.78 is 11.1. The number of para-hydroxylation sites is 1. The molecule has 3 aromatic heterocycles. The number of hydrogen-bond acceptors (Lipinski definition) is 6. The van der Waals surface area contributed by atoms with Crippen molar-refractivity contribution in [2.24, 2.45) is 0 Å². The number of hydrogen-bond donors (Lipinski definition) is 2. The van der Waals surface area contributed by atoms with Crippen LogP contribution in [-0.4, -0.2) is 16.8 Å². The van der Waals surface area contributed by atoms with Gasteiger partial charge in [-0.1, -0.05) is 24.3 Å². The number of fused-ring (bicyclic) bond motifs is 1. The maximum absolute atomic E-state index is 12.4. The van der Waals surface area contributed by atoms with E-state index in [0.29, 0.717) is 22.8 Å². The van der Waals surface area contributed by atoms with Crippen molar-refractivity contribution in [3.8, 4) is 10.8 Å². The highest BCUT2D eigenvalue weighted by Gasteiger charge is 2.21. The average molecular weight is 381 g/mol. The summed E-state index contributed by atoms with van der Waals surface area (Å²) in [6.45, 7) is 3.43. The third-order valence-electron chi connectivity index (χ3n) is 4.08. The third kappa shape index (κ3) is 3.11. The Hall–Kier alpha value is -3.39. The zero-order valence-corrected chi connectivity index (χ0v) is 15.3. The summed E-state index contributed by atoms with van der Waals surface area (Å²) in [6.07, 6.45) is 0. The molecule has 2 N–H and O–H groups in total. The Labute approximate surface area is 158 Å². The Balaban J connectivity index is 1.49. The molecule has 0 fully saturated rings. The molecule has 0 aliphatic heterocycles. The molecule has 2 amide bonds. The van der Waals surface area contributed by atoms with Gasteiger partial charge in [0.1, 0.15) is 11.3 Å². The van der Waals surface area contributed by atoms with Crippen LogP contribution in [0.3, 0.4) is 0 Å². The Kier molecular flexibility index (Phi) is 4.25. The Morgan fingerprint density at radius 3 is 2.52 bits per heavy atom. The maximum atomic E-state index is 12.4. The Morgan fingerprint density at radius 2 is 1.78 bits per heavy atom. The molecule has 136 valence electrons. The number of thiophene rings is 1. The maximum Gasteiger partial charge on any atom is 0.305 e. The topological polar surface area (TPSA) is 97.4 Å². The second-order valence-electron chi connectivity index (χ2n) is 5.86. The fraction of sp³-hybridized carbons (Fsp3) is 0.105. The minimum atomic E-state index is -0.568. The lowest BCUT2D eigenvalue weighted by Gasteiger charge is -2.04. The van der Waals surface area contributed by atoms with Gasteiger partial charge in [-0.2, -0.15) is 0 Å². The first kappa shape index (κ1) is 17.0. The SMILES string of the molecule is Cc1oc(-c2cccs2)nc1C(=O)NNC(=O)c1oc2ccccc2c1C. The molecule has 0 aliphatic rings. The van der Waals surface area contributed by atoms with Gasteiger partial charge < -0.3 is 8.83 Å². The zero-order valence-electron chi connectivity index (χ0n) is 14.5. The van der Waals surface area contributed by atoms with E-state index in [1.165, 1.54) is 11.3 Å². The summed E-state index contributed by atoms with van der Waals surface area (Å²) in [5, 5.41) is 2.74. The first-order valence-corrected chi connectivity index (χ1v) is 9.02. The van der Waals surface area contributed by atoms with Gasteiger partial charge in [-0.25, -0.2) is 4.98 Å². The van der Waals surface area contributed by atoms with Crippen LogP contribution in [0.15, 0.2) is 50.6 Å². The van der Waals surface area contributed by atoms with Crippen LogP contribution in [0.25, 0.3) is 21.7 Å². The molecule has 0 saturated carbocycles.